The fourth-order valence-electron chi connectivity index (χ4n) is 2.85. The molecule has 0 atom stereocenters. The van der Waals surface area contributed by atoms with Crippen LogP contribution in [-0.2, 0) is 0 Å². The predicted octanol–water partition coefficient (Wildman–Crippen LogP) is 4.78. The Balaban J connectivity index is 2.10. The molecular weight excluding hydrogens is 328 g/mol. The standard InChI is InChI=1S/C22H22O4/c1-22(2)13-12-16-18(24-3)14-19(25-4)20(21(16)26-22)17(23)11-10-15-8-6-5-7-9-15/h5-14H,1-4H3/b11-10+. The summed E-state index contributed by atoms with van der Waals surface area (Å²) in [4.78, 5) is 13.0. The summed E-state index contributed by atoms with van der Waals surface area (Å²) >= 11 is 0. The van der Waals surface area contributed by atoms with Gasteiger partial charge < -0.3 is 14.2 Å². The number of hydrogen-bond acceptors (Lipinski definition) is 4. The summed E-state index contributed by atoms with van der Waals surface area (Å²) in [7, 11) is 3.11. The molecule has 0 amide bonds. The van der Waals surface area contributed by atoms with Crippen molar-refractivity contribution in [3.8, 4) is 17.2 Å². The Labute approximate surface area is 153 Å². The Kier molecular flexibility index (Phi) is 4.85. The van der Waals surface area contributed by atoms with Crippen LogP contribution in [0, 0.1) is 0 Å². The van der Waals surface area contributed by atoms with Gasteiger partial charge in [-0.1, -0.05) is 36.4 Å². The number of rotatable bonds is 5. The molecule has 3 rings (SSSR count). The highest BCUT2D eigenvalue weighted by Gasteiger charge is 2.30. The lowest BCUT2D eigenvalue weighted by atomic mass is 9.96. The zero-order valence-corrected chi connectivity index (χ0v) is 15.4. The van der Waals surface area contributed by atoms with Gasteiger partial charge in [-0.15, -0.1) is 0 Å². The number of ketones is 1. The monoisotopic (exact) mass is 350 g/mol. The van der Waals surface area contributed by atoms with E-state index in [9.17, 15) is 4.79 Å². The Morgan fingerprint density at radius 3 is 2.42 bits per heavy atom. The molecule has 134 valence electrons. The molecule has 0 radical (unpaired) electrons. The Morgan fingerprint density at radius 2 is 1.77 bits per heavy atom. The zero-order valence-electron chi connectivity index (χ0n) is 15.4. The van der Waals surface area contributed by atoms with Crippen LogP contribution in [0.25, 0.3) is 12.2 Å². The highest BCUT2D eigenvalue weighted by molar-refractivity contribution is 6.11. The summed E-state index contributed by atoms with van der Waals surface area (Å²) < 4.78 is 17.0. The van der Waals surface area contributed by atoms with E-state index in [-0.39, 0.29) is 5.78 Å². The first-order valence-electron chi connectivity index (χ1n) is 8.40. The van der Waals surface area contributed by atoms with Gasteiger partial charge in [-0.2, -0.15) is 0 Å². The molecule has 0 fully saturated rings. The van der Waals surface area contributed by atoms with E-state index in [0.717, 1.165) is 11.1 Å². The molecule has 1 aliphatic rings. The van der Waals surface area contributed by atoms with E-state index >= 15 is 0 Å². The van der Waals surface area contributed by atoms with Crippen LogP contribution in [0.3, 0.4) is 0 Å². The minimum Gasteiger partial charge on any atom is -0.496 e. The fourth-order valence-corrected chi connectivity index (χ4v) is 2.85. The first kappa shape index (κ1) is 17.8. The lowest BCUT2D eigenvalue weighted by molar-refractivity contribution is 0.103. The number of allylic oxidation sites excluding steroid dienone is 1. The maximum Gasteiger partial charge on any atom is 0.193 e. The summed E-state index contributed by atoms with van der Waals surface area (Å²) in [6.07, 6.45) is 7.18. The van der Waals surface area contributed by atoms with Crippen LogP contribution in [0.15, 0.2) is 48.6 Å². The molecule has 2 aromatic rings. The average Bonchev–Trinajstić information content (AvgIpc) is 2.64. The van der Waals surface area contributed by atoms with Crippen LogP contribution in [0.5, 0.6) is 17.2 Å². The van der Waals surface area contributed by atoms with Gasteiger partial charge in [0.15, 0.2) is 5.78 Å². The van der Waals surface area contributed by atoms with Crippen molar-refractivity contribution >= 4 is 17.9 Å². The van der Waals surface area contributed by atoms with Crippen molar-refractivity contribution < 1.29 is 19.0 Å². The third-order valence-corrected chi connectivity index (χ3v) is 4.18. The summed E-state index contributed by atoms with van der Waals surface area (Å²) in [5.41, 5.74) is 1.56. The van der Waals surface area contributed by atoms with Crippen molar-refractivity contribution in [2.75, 3.05) is 14.2 Å². The largest absolute Gasteiger partial charge is 0.496 e. The van der Waals surface area contributed by atoms with Gasteiger partial charge in [0.1, 0.15) is 28.4 Å². The number of hydrogen-bond donors (Lipinski definition) is 0. The van der Waals surface area contributed by atoms with Crippen molar-refractivity contribution in [1.82, 2.24) is 0 Å². The quantitative estimate of drug-likeness (QED) is 0.575. The van der Waals surface area contributed by atoms with E-state index in [4.69, 9.17) is 14.2 Å². The lowest BCUT2D eigenvalue weighted by Crippen LogP contribution is -2.29. The number of carbonyl (C=O) groups is 1. The number of carbonyl (C=O) groups excluding carboxylic acids is 1. The normalized spacial score (nSPS) is 14.6. The minimum atomic E-state index is -0.525. The predicted molar refractivity (Wildman–Crippen MR) is 103 cm³/mol. The van der Waals surface area contributed by atoms with Crippen molar-refractivity contribution in [1.29, 1.82) is 0 Å². The lowest BCUT2D eigenvalue weighted by Gasteiger charge is -2.30. The highest BCUT2D eigenvalue weighted by atomic mass is 16.5. The third kappa shape index (κ3) is 3.49. The molecular formula is C22H22O4. The van der Waals surface area contributed by atoms with Crippen LogP contribution in [-0.4, -0.2) is 25.6 Å². The second kappa shape index (κ2) is 7.08. The van der Waals surface area contributed by atoms with E-state index in [2.05, 4.69) is 0 Å². The summed E-state index contributed by atoms with van der Waals surface area (Å²) in [6.45, 7) is 3.87. The van der Waals surface area contributed by atoms with E-state index in [1.165, 1.54) is 13.2 Å². The summed E-state index contributed by atoms with van der Waals surface area (Å²) in [5.74, 6) is 1.33. The van der Waals surface area contributed by atoms with Gasteiger partial charge in [0.05, 0.1) is 19.8 Å². The van der Waals surface area contributed by atoms with E-state index in [0.29, 0.717) is 22.8 Å². The molecule has 4 heteroatoms. The maximum absolute atomic E-state index is 13.0. The topological polar surface area (TPSA) is 44.8 Å². The molecule has 0 spiro atoms. The van der Waals surface area contributed by atoms with Gasteiger partial charge in [0, 0.05) is 6.07 Å². The number of fused-ring (bicyclic) bond motifs is 1. The number of benzene rings is 2. The van der Waals surface area contributed by atoms with Crippen LogP contribution in [0.2, 0.25) is 0 Å². The van der Waals surface area contributed by atoms with E-state index in [1.807, 2.05) is 56.3 Å². The van der Waals surface area contributed by atoms with Crippen molar-refractivity contribution in [2.24, 2.45) is 0 Å². The van der Waals surface area contributed by atoms with Crippen LogP contribution in [0.4, 0.5) is 0 Å². The molecule has 1 heterocycles. The molecule has 2 aromatic carbocycles. The molecule has 4 nitrogen and oxygen atoms in total. The smallest absolute Gasteiger partial charge is 0.193 e. The molecule has 0 aliphatic carbocycles. The molecule has 1 aliphatic heterocycles. The van der Waals surface area contributed by atoms with Crippen molar-refractivity contribution in [2.45, 2.75) is 19.4 Å². The van der Waals surface area contributed by atoms with Gasteiger partial charge in [-0.3, -0.25) is 4.79 Å². The van der Waals surface area contributed by atoms with Crippen molar-refractivity contribution in [3.63, 3.8) is 0 Å². The number of ether oxygens (including phenoxy) is 3. The number of methoxy groups -OCH3 is 2. The zero-order chi connectivity index (χ0) is 18.7. The fraction of sp³-hybridized carbons (Fsp3) is 0.227. The molecule has 0 bridgehead atoms. The van der Waals surface area contributed by atoms with Crippen LogP contribution >= 0.6 is 0 Å². The van der Waals surface area contributed by atoms with Crippen LogP contribution in [0.1, 0.15) is 35.3 Å². The minimum absolute atomic E-state index is 0.185. The van der Waals surface area contributed by atoms with E-state index < -0.39 is 5.60 Å². The summed E-state index contributed by atoms with van der Waals surface area (Å²) in [6, 6.07) is 11.4. The van der Waals surface area contributed by atoms with Gasteiger partial charge in [0.2, 0.25) is 0 Å². The second-order valence-electron chi connectivity index (χ2n) is 6.55. The second-order valence-corrected chi connectivity index (χ2v) is 6.55. The molecule has 0 aromatic heterocycles. The Bertz CT molecular complexity index is 877. The highest BCUT2D eigenvalue weighted by Crippen LogP contribution is 2.44. The Hall–Kier alpha value is -3.01. The first-order valence-corrected chi connectivity index (χ1v) is 8.40. The Morgan fingerprint density at radius 1 is 1.08 bits per heavy atom. The third-order valence-electron chi connectivity index (χ3n) is 4.18. The SMILES string of the molecule is COc1cc(OC)c(C(=O)/C=C/c2ccccc2)c2c1C=CC(C)(C)O2. The maximum atomic E-state index is 13.0. The average molecular weight is 350 g/mol. The molecule has 0 saturated heterocycles. The van der Waals surface area contributed by atoms with Gasteiger partial charge in [-0.25, -0.2) is 0 Å². The van der Waals surface area contributed by atoms with Crippen molar-refractivity contribution in [3.05, 3.63) is 65.2 Å². The van der Waals surface area contributed by atoms with Gasteiger partial charge in [0.25, 0.3) is 0 Å². The van der Waals surface area contributed by atoms with Crippen LogP contribution < -0.4 is 14.2 Å². The first-order chi connectivity index (χ1) is 12.4. The molecule has 0 N–H and O–H groups in total. The summed E-state index contributed by atoms with van der Waals surface area (Å²) in [5, 5.41) is 0. The molecule has 0 saturated carbocycles. The molecule has 0 unspecified atom stereocenters. The van der Waals surface area contributed by atoms with Gasteiger partial charge in [-0.05, 0) is 37.6 Å². The van der Waals surface area contributed by atoms with Gasteiger partial charge >= 0.3 is 0 Å². The van der Waals surface area contributed by atoms with E-state index in [1.54, 1.807) is 19.3 Å². The molecule has 26 heavy (non-hydrogen) atoms.